The largest absolute Gasteiger partial charge is 0.323 e. The lowest BCUT2D eigenvalue weighted by Gasteiger charge is -1.97. The highest BCUT2D eigenvalue weighted by atomic mass is 79.9. The van der Waals surface area contributed by atoms with Gasteiger partial charge in [0.2, 0.25) is 0 Å². The maximum atomic E-state index is 12.9. The van der Waals surface area contributed by atoms with Gasteiger partial charge in [-0.15, -0.1) is 0 Å². The van der Waals surface area contributed by atoms with Crippen molar-refractivity contribution < 1.29 is 4.39 Å². The third-order valence-electron chi connectivity index (χ3n) is 1.20. The summed E-state index contributed by atoms with van der Waals surface area (Å²) in [6.45, 7) is 0. The van der Waals surface area contributed by atoms with Gasteiger partial charge in [-0.1, -0.05) is 22.0 Å². The van der Waals surface area contributed by atoms with Crippen LogP contribution in [-0.2, 0) is 0 Å². The highest BCUT2D eigenvalue weighted by molar-refractivity contribution is 9.10. The van der Waals surface area contributed by atoms with Crippen molar-refractivity contribution in [3.63, 3.8) is 0 Å². The second kappa shape index (κ2) is 3.48. The van der Waals surface area contributed by atoms with Gasteiger partial charge in [-0.2, -0.15) is 5.10 Å². The highest BCUT2D eigenvalue weighted by Crippen LogP contribution is 2.16. The minimum absolute atomic E-state index is 0.339. The minimum atomic E-state index is -0.339. The summed E-state index contributed by atoms with van der Waals surface area (Å²) in [5.74, 6) is 4.54. The lowest BCUT2D eigenvalue weighted by Crippen LogP contribution is -1.92. The molecule has 0 heterocycles. The molecule has 0 spiro atoms. The van der Waals surface area contributed by atoms with E-state index in [4.69, 9.17) is 5.84 Å². The minimum Gasteiger partial charge on any atom is -0.323 e. The summed E-state index contributed by atoms with van der Waals surface area (Å²) < 4.78 is 13.5. The number of hydrogen-bond donors (Lipinski definition) is 1. The molecule has 0 aliphatic rings. The van der Waals surface area contributed by atoms with Gasteiger partial charge < -0.3 is 5.84 Å². The van der Waals surface area contributed by atoms with E-state index in [-0.39, 0.29) is 5.82 Å². The summed E-state index contributed by atoms with van der Waals surface area (Å²) in [5.41, 5.74) is 0.370. The van der Waals surface area contributed by atoms with Gasteiger partial charge in [0.05, 0.1) is 6.21 Å². The van der Waals surface area contributed by atoms with Crippen LogP contribution in [-0.4, -0.2) is 6.21 Å². The molecule has 0 saturated carbocycles. The number of halogens is 2. The number of nitrogens with zero attached hydrogens (tertiary/aromatic N) is 1. The van der Waals surface area contributed by atoms with Gasteiger partial charge in [0.25, 0.3) is 0 Å². The second-order valence-corrected chi connectivity index (χ2v) is 2.77. The van der Waals surface area contributed by atoms with Crippen molar-refractivity contribution in [2.75, 3.05) is 0 Å². The number of hydrazone groups is 1. The Labute approximate surface area is 72.0 Å². The van der Waals surface area contributed by atoms with Crippen molar-refractivity contribution in [3.8, 4) is 0 Å². The molecule has 0 saturated heterocycles. The van der Waals surface area contributed by atoms with Crippen molar-refractivity contribution >= 4 is 22.1 Å². The van der Waals surface area contributed by atoms with Crippen LogP contribution >= 0.6 is 15.9 Å². The van der Waals surface area contributed by atoms with Crippen LogP contribution in [0.4, 0.5) is 4.39 Å². The maximum absolute atomic E-state index is 12.9. The standard InChI is InChI=1S/C7H6BrFN2/c8-6-2-1-3-7(9)5(6)4-11-10/h1-4H,10H2/b11-4+. The van der Waals surface area contributed by atoms with Crippen LogP contribution < -0.4 is 5.84 Å². The summed E-state index contributed by atoms with van der Waals surface area (Å²) in [5, 5.41) is 3.23. The zero-order valence-electron chi connectivity index (χ0n) is 5.59. The van der Waals surface area contributed by atoms with E-state index in [1.54, 1.807) is 12.1 Å². The van der Waals surface area contributed by atoms with Gasteiger partial charge in [-0.05, 0) is 12.1 Å². The monoisotopic (exact) mass is 216 g/mol. The number of benzene rings is 1. The van der Waals surface area contributed by atoms with Crippen LogP contribution in [0.15, 0.2) is 27.8 Å². The van der Waals surface area contributed by atoms with E-state index in [1.165, 1.54) is 12.3 Å². The first-order valence-electron chi connectivity index (χ1n) is 2.93. The van der Waals surface area contributed by atoms with E-state index < -0.39 is 0 Å². The van der Waals surface area contributed by atoms with E-state index >= 15 is 0 Å². The predicted octanol–water partition coefficient (Wildman–Crippen LogP) is 1.88. The molecule has 2 N–H and O–H groups in total. The zero-order valence-corrected chi connectivity index (χ0v) is 7.18. The normalized spacial score (nSPS) is 10.7. The Balaban J connectivity index is 3.20. The molecule has 0 atom stereocenters. The average Bonchev–Trinajstić information content (AvgIpc) is 1.97. The van der Waals surface area contributed by atoms with Gasteiger partial charge in [0.15, 0.2) is 0 Å². The van der Waals surface area contributed by atoms with Crippen molar-refractivity contribution in [2.24, 2.45) is 10.9 Å². The fourth-order valence-corrected chi connectivity index (χ4v) is 1.15. The molecule has 0 unspecified atom stereocenters. The molecule has 11 heavy (non-hydrogen) atoms. The first-order valence-corrected chi connectivity index (χ1v) is 3.72. The highest BCUT2D eigenvalue weighted by Gasteiger charge is 2.01. The van der Waals surface area contributed by atoms with Crippen LogP contribution in [0.1, 0.15) is 5.56 Å². The van der Waals surface area contributed by atoms with Gasteiger partial charge in [-0.3, -0.25) is 0 Å². The Bertz CT molecular complexity index is 266. The van der Waals surface area contributed by atoms with Gasteiger partial charge in [0, 0.05) is 10.0 Å². The topological polar surface area (TPSA) is 38.4 Å². The summed E-state index contributed by atoms with van der Waals surface area (Å²) >= 11 is 3.16. The Hall–Kier alpha value is -0.900. The molecular weight excluding hydrogens is 211 g/mol. The van der Waals surface area contributed by atoms with E-state index in [0.717, 1.165) is 0 Å². The van der Waals surface area contributed by atoms with Crippen molar-refractivity contribution in [1.82, 2.24) is 0 Å². The first-order chi connectivity index (χ1) is 5.25. The Kier molecular flexibility index (Phi) is 2.59. The zero-order chi connectivity index (χ0) is 8.27. The molecule has 0 radical (unpaired) electrons. The SMILES string of the molecule is N/N=C/c1c(F)cccc1Br. The molecule has 58 valence electrons. The summed E-state index contributed by atoms with van der Waals surface area (Å²) in [7, 11) is 0. The van der Waals surface area contributed by atoms with Crippen molar-refractivity contribution in [3.05, 3.63) is 34.1 Å². The van der Waals surface area contributed by atoms with Crippen LogP contribution in [0.2, 0.25) is 0 Å². The van der Waals surface area contributed by atoms with E-state index in [9.17, 15) is 4.39 Å². The fraction of sp³-hybridized carbons (Fsp3) is 0. The van der Waals surface area contributed by atoms with Gasteiger partial charge >= 0.3 is 0 Å². The molecule has 4 heteroatoms. The lowest BCUT2D eigenvalue weighted by molar-refractivity contribution is 0.625. The predicted molar refractivity (Wildman–Crippen MR) is 45.9 cm³/mol. The van der Waals surface area contributed by atoms with Gasteiger partial charge in [-0.25, -0.2) is 4.39 Å². The molecule has 0 aliphatic carbocycles. The van der Waals surface area contributed by atoms with Crippen LogP contribution in [0, 0.1) is 5.82 Å². The third-order valence-corrected chi connectivity index (χ3v) is 1.89. The molecule has 1 rings (SSSR count). The van der Waals surface area contributed by atoms with Crippen LogP contribution in [0.5, 0.6) is 0 Å². The average molecular weight is 217 g/mol. The molecular formula is C7H6BrFN2. The van der Waals surface area contributed by atoms with E-state index in [0.29, 0.717) is 10.0 Å². The molecule has 0 aromatic heterocycles. The van der Waals surface area contributed by atoms with Crippen LogP contribution in [0.3, 0.4) is 0 Å². The Morgan fingerprint density at radius 3 is 2.82 bits per heavy atom. The summed E-state index contributed by atoms with van der Waals surface area (Å²) in [6, 6.07) is 4.68. The molecule has 0 amide bonds. The van der Waals surface area contributed by atoms with Crippen LogP contribution in [0.25, 0.3) is 0 Å². The summed E-state index contributed by atoms with van der Waals surface area (Å²) in [6.07, 6.45) is 1.26. The molecule has 0 bridgehead atoms. The fourth-order valence-electron chi connectivity index (χ4n) is 0.709. The molecule has 0 fully saturated rings. The number of hydrogen-bond acceptors (Lipinski definition) is 2. The van der Waals surface area contributed by atoms with Crippen molar-refractivity contribution in [2.45, 2.75) is 0 Å². The number of rotatable bonds is 1. The molecule has 0 aliphatic heterocycles. The third kappa shape index (κ3) is 1.77. The Morgan fingerprint density at radius 1 is 1.55 bits per heavy atom. The van der Waals surface area contributed by atoms with E-state index in [1.807, 2.05) is 0 Å². The summed E-state index contributed by atoms with van der Waals surface area (Å²) in [4.78, 5) is 0. The van der Waals surface area contributed by atoms with Gasteiger partial charge in [0.1, 0.15) is 5.82 Å². The lowest BCUT2D eigenvalue weighted by atomic mass is 10.2. The first kappa shape index (κ1) is 8.20. The molecule has 1 aromatic rings. The second-order valence-electron chi connectivity index (χ2n) is 1.91. The van der Waals surface area contributed by atoms with Crippen molar-refractivity contribution in [1.29, 1.82) is 0 Å². The smallest absolute Gasteiger partial charge is 0.133 e. The molecule has 2 nitrogen and oxygen atoms in total. The van der Waals surface area contributed by atoms with E-state index in [2.05, 4.69) is 21.0 Å². The maximum Gasteiger partial charge on any atom is 0.133 e. The Morgan fingerprint density at radius 2 is 2.27 bits per heavy atom. The molecule has 1 aromatic carbocycles. The quantitative estimate of drug-likeness (QED) is 0.435. The number of nitrogens with two attached hydrogens (primary N) is 1.